The molecule has 0 aliphatic heterocycles. The Hall–Kier alpha value is -3.35. The fraction of sp³-hybridized carbons (Fsp3) is 0.0588. The second-order valence-corrected chi connectivity index (χ2v) is 5.35. The van der Waals surface area contributed by atoms with Crippen molar-refractivity contribution in [1.82, 2.24) is 24.1 Å². The van der Waals surface area contributed by atoms with E-state index >= 15 is 0 Å². The Labute approximate surface area is 135 Å². The highest BCUT2D eigenvalue weighted by Gasteiger charge is 2.16. The Morgan fingerprint density at radius 2 is 2.04 bits per heavy atom. The fourth-order valence-corrected chi connectivity index (χ4v) is 2.61. The molecule has 0 fully saturated rings. The predicted molar refractivity (Wildman–Crippen MR) is 87.3 cm³/mol. The number of aryl methyl sites for hydroxylation is 1. The van der Waals surface area contributed by atoms with Gasteiger partial charge in [-0.05, 0) is 18.2 Å². The largest absolute Gasteiger partial charge is 0.316 e. The SMILES string of the molecule is Cn1cc(-n2c(-c3cccc(F)c3)nc3cncnc32)ccc1=O. The molecule has 0 aliphatic carbocycles. The first kappa shape index (κ1) is 14.3. The van der Waals surface area contributed by atoms with Crippen molar-refractivity contribution in [3.63, 3.8) is 0 Å². The second-order valence-electron chi connectivity index (χ2n) is 5.35. The van der Waals surface area contributed by atoms with Crippen LogP contribution in [0.1, 0.15) is 0 Å². The van der Waals surface area contributed by atoms with E-state index in [4.69, 9.17) is 0 Å². The zero-order chi connectivity index (χ0) is 16.7. The molecule has 4 rings (SSSR count). The van der Waals surface area contributed by atoms with Crippen LogP contribution in [0.15, 0.2) is 59.9 Å². The van der Waals surface area contributed by atoms with Crippen molar-refractivity contribution < 1.29 is 4.39 Å². The Kier molecular flexibility index (Phi) is 3.19. The summed E-state index contributed by atoms with van der Waals surface area (Å²) in [5, 5.41) is 0. The molecule has 0 bridgehead atoms. The van der Waals surface area contributed by atoms with Crippen LogP contribution in [0.5, 0.6) is 0 Å². The monoisotopic (exact) mass is 321 g/mol. The van der Waals surface area contributed by atoms with E-state index < -0.39 is 0 Å². The first-order valence-corrected chi connectivity index (χ1v) is 7.25. The third-order valence-corrected chi connectivity index (χ3v) is 3.73. The summed E-state index contributed by atoms with van der Waals surface area (Å²) in [4.78, 5) is 24.5. The van der Waals surface area contributed by atoms with Gasteiger partial charge < -0.3 is 4.57 Å². The third-order valence-electron chi connectivity index (χ3n) is 3.73. The summed E-state index contributed by atoms with van der Waals surface area (Å²) < 4.78 is 16.9. The number of aromatic nitrogens is 5. The topological polar surface area (TPSA) is 65.6 Å². The molecule has 3 aromatic heterocycles. The highest BCUT2D eigenvalue weighted by Crippen LogP contribution is 2.27. The lowest BCUT2D eigenvalue weighted by atomic mass is 10.2. The Morgan fingerprint density at radius 3 is 2.83 bits per heavy atom. The van der Waals surface area contributed by atoms with Crippen LogP contribution in [0.25, 0.3) is 28.2 Å². The van der Waals surface area contributed by atoms with Crippen molar-refractivity contribution in [3.05, 3.63) is 71.3 Å². The van der Waals surface area contributed by atoms with Gasteiger partial charge in [-0.2, -0.15) is 0 Å². The molecule has 0 N–H and O–H groups in total. The van der Waals surface area contributed by atoms with Crippen molar-refractivity contribution in [2.45, 2.75) is 0 Å². The molecule has 6 nitrogen and oxygen atoms in total. The van der Waals surface area contributed by atoms with Crippen LogP contribution >= 0.6 is 0 Å². The molecule has 3 heterocycles. The zero-order valence-corrected chi connectivity index (χ0v) is 12.7. The number of benzene rings is 1. The molecule has 118 valence electrons. The summed E-state index contributed by atoms with van der Waals surface area (Å²) in [6.07, 6.45) is 4.72. The summed E-state index contributed by atoms with van der Waals surface area (Å²) in [6.45, 7) is 0. The van der Waals surface area contributed by atoms with Crippen LogP contribution in [0, 0.1) is 5.82 Å². The molecule has 0 saturated heterocycles. The number of hydrogen-bond acceptors (Lipinski definition) is 4. The maximum absolute atomic E-state index is 13.6. The molecule has 0 atom stereocenters. The number of nitrogens with zero attached hydrogens (tertiary/aromatic N) is 5. The number of fused-ring (bicyclic) bond motifs is 1. The van der Waals surface area contributed by atoms with Gasteiger partial charge in [0.2, 0.25) is 5.56 Å². The summed E-state index contributed by atoms with van der Waals surface area (Å²) in [6, 6.07) is 9.35. The van der Waals surface area contributed by atoms with Crippen molar-refractivity contribution >= 4 is 11.2 Å². The molecule has 0 radical (unpaired) electrons. The lowest BCUT2D eigenvalue weighted by Gasteiger charge is -2.10. The number of halogens is 1. The lowest BCUT2D eigenvalue weighted by Crippen LogP contribution is -2.15. The maximum atomic E-state index is 13.6. The van der Waals surface area contributed by atoms with Gasteiger partial charge >= 0.3 is 0 Å². The average Bonchev–Trinajstić information content (AvgIpc) is 2.97. The Balaban J connectivity index is 2.07. The van der Waals surface area contributed by atoms with E-state index in [-0.39, 0.29) is 11.4 Å². The van der Waals surface area contributed by atoms with E-state index in [2.05, 4.69) is 15.0 Å². The molecule has 24 heavy (non-hydrogen) atoms. The first-order valence-electron chi connectivity index (χ1n) is 7.25. The third kappa shape index (κ3) is 2.26. The molecule has 0 amide bonds. The molecule has 0 spiro atoms. The number of pyridine rings is 1. The molecule has 0 saturated carbocycles. The van der Waals surface area contributed by atoms with Crippen LogP contribution in [0.4, 0.5) is 4.39 Å². The quantitative estimate of drug-likeness (QED) is 0.568. The van der Waals surface area contributed by atoms with Gasteiger partial charge in [-0.15, -0.1) is 0 Å². The van der Waals surface area contributed by atoms with Crippen LogP contribution < -0.4 is 5.56 Å². The van der Waals surface area contributed by atoms with Crippen molar-refractivity contribution in [2.24, 2.45) is 7.05 Å². The van der Waals surface area contributed by atoms with Crippen LogP contribution in [0.3, 0.4) is 0 Å². The summed E-state index contributed by atoms with van der Waals surface area (Å²) in [5.41, 5.74) is 2.37. The van der Waals surface area contributed by atoms with E-state index in [1.807, 2.05) is 0 Å². The Bertz CT molecular complexity index is 1120. The van der Waals surface area contributed by atoms with Crippen molar-refractivity contribution in [3.8, 4) is 17.1 Å². The van der Waals surface area contributed by atoms with Crippen molar-refractivity contribution in [1.29, 1.82) is 0 Å². The molecule has 0 aliphatic rings. The molecular weight excluding hydrogens is 309 g/mol. The van der Waals surface area contributed by atoms with Gasteiger partial charge in [0.1, 0.15) is 23.5 Å². The van der Waals surface area contributed by atoms with Gasteiger partial charge in [0.25, 0.3) is 0 Å². The van der Waals surface area contributed by atoms with Gasteiger partial charge in [0.15, 0.2) is 5.65 Å². The predicted octanol–water partition coefficient (Wildman–Crippen LogP) is 2.32. The van der Waals surface area contributed by atoms with E-state index in [1.54, 1.807) is 42.2 Å². The van der Waals surface area contributed by atoms with Gasteiger partial charge in [0.05, 0.1) is 11.9 Å². The van der Waals surface area contributed by atoms with Crippen molar-refractivity contribution in [2.75, 3.05) is 0 Å². The van der Waals surface area contributed by atoms with E-state index in [9.17, 15) is 9.18 Å². The maximum Gasteiger partial charge on any atom is 0.250 e. The minimum Gasteiger partial charge on any atom is -0.316 e. The smallest absolute Gasteiger partial charge is 0.250 e. The summed E-state index contributed by atoms with van der Waals surface area (Å²) in [7, 11) is 1.67. The minimum absolute atomic E-state index is 0.120. The number of rotatable bonds is 2. The van der Waals surface area contributed by atoms with E-state index in [1.165, 1.54) is 29.1 Å². The Morgan fingerprint density at radius 1 is 1.17 bits per heavy atom. The molecular formula is C17H12FN5O. The van der Waals surface area contributed by atoms with E-state index in [0.717, 1.165) is 0 Å². The average molecular weight is 321 g/mol. The standard InChI is InChI=1S/C17H12FN5O/c1-22-9-13(5-6-15(22)24)23-16(11-3-2-4-12(18)7-11)21-14-8-19-10-20-17(14)23/h2-10H,1H3. The number of imidazole rings is 1. The fourth-order valence-electron chi connectivity index (χ4n) is 2.61. The molecule has 4 aromatic rings. The van der Waals surface area contributed by atoms with Crippen LogP contribution in [-0.2, 0) is 7.05 Å². The van der Waals surface area contributed by atoms with Crippen LogP contribution in [0.2, 0.25) is 0 Å². The molecule has 7 heteroatoms. The van der Waals surface area contributed by atoms with Crippen LogP contribution in [-0.4, -0.2) is 24.1 Å². The molecule has 1 aromatic carbocycles. The normalized spacial score (nSPS) is 11.1. The number of hydrogen-bond donors (Lipinski definition) is 0. The minimum atomic E-state index is -0.349. The van der Waals surface area contributed by atoms with Gasteiger partial charge in [-0.25, -0.2) is 19.3 Å². The van der Waals surface area contributed by atoms with Gasteiger partial charge in [0, 0.05) is 24.9 Å². The zero-order valence-electron chi connectivity index (χ0n) is 12.7. The first-order chi connectivity index (χ1) is 11.6. The second kappa shape index (κ2) is 5.38. The highest BCUT2D eigenvalue weighted by molar-refractivity contribution is 5.79. The van der Waals surface area contributed by atoms with Gasteiger partial charge in [-0.1, -0.05) is 12.1 Å². The lowest BCUT2D eigenvalue weighted by molar-refractivity contribution is 0.628. The highest BCUT2D eigenvalue weighted by atomic mass is 19.1. The van der Waals surface area contributed by atoms with Gasteiger partial charge in [-0.3, -0.25) is 9.36 Å². The summed E-state index contributed by atoms with van der Waals surface area (Å²) in [5.74, 6) is 0.182. The summed E-state index contributed by atoms with van der Waals surface area (Å²) >= 11 is 0. The molecule has 0 unspecified atom stereocenters. The van der Waals surface area contributed by atoms with E-state index in [0.29, 0.717) is 28.2 Å².